The molecule has 0 unspecified atom stereocenters. The number of hydrogen-bond acceptors (Lipinski definition) is 6. The van der Waals surface area contributed by atoms with Gasteiger partial charge in [-0.3, -0.25) is 4.99 Å². The number of nitrogens with zero attached hydrogens (tertiary/aromatic N) is 1. The third-order valence-corrected chi connectivity index (χ3v) is 4.12. The van der Waals surface area contributed by atoms with Crippen LogP contribution < -0.4 is 24.8 Å². The fourth-order valence-electron chi connectivity index (χ4n) is 2.00. The summed E-state index contributed by atoms with van der Waals surface area (Å²) in [6.45, 7) is 0.739. The van der Waals surface area contributed by atoms with Gasteiger partial charge in [-0.2, -0.15) is 0 Å². The number of hydrogen-bond donors (Lipinski definition) is 2. The molecule has 1 aromatic carbocycles. The Morgan fingerprint density at radius 3 is 2.04 bits per heavy atom. The average Bonchev–Trinajstić information content (AvgIpc) is 2.55. The maximum Gasteiger partial charge on any atom is 0.203 e. The van der Waals surface area contributed by atoms with E-state index in [4.69, 9.17) is 14.2 Å². The highest BCUT2D eigenvalue weighted by molar-refractivity contribution is 14.0. The molecule has 0 aliphatic carbocycles. The molecule has 0 bridgehead atoms. The minimum atomic E-state index is -3.01. The molecule has 8 nitrogen and oxygen atoms in total. The molecule has 0 saturated carbocycles. The van der Waals surface area contributed by atoms with Crippen molar-refractivity contribution in [1.29, 1.82) is 0 Å². The van der Waals surface area contributed by atoms with Gasteiger partial charge < -0.3 is 24.8 Å². The summed E-state index contributed by atoms with van der Waals surface area (Å²) >= 11 is 0. The Hall–Kier alpha value is -1.43. The average molecular weight is 487 g/mol. The lowest BCUT2D eigenvalue weighted by atomic mass is 10.2. The second-order valence-corrected chi connectivity index (χ2v) is 7.28. The van der Waals surface area contributed by atoms with Gasteiger partial charge >= 0.3 is 0 Å². The van der Waals surface area contributed by atoms with E-state index in [0.717, 1.165) is 5.56 Å². The van der Waals surface area contributed by atoms with Crippen LogP contribution in [0.2, 0.25) is 0 Å². The first kappa shape index (κ1) is 23.6. The second kappa shape index (κ2) is 11.2. The van der Waals surface area contributed by atoms with Gasteiger partial charge in [0.1, 0.15) is 9.84 Å². The number of benzene rings is 1. The van der Waals surface area contributed by atoms with Crippen molar-refractivity contribution >= 4 is 39.8 Å². The first-order chi connectivity index (χ1) is 11.3. The normalized spacial score (nSPS) is 11.3. The molecule has 0 amide bonds. The maximum atomic E-state index is 11.1. The smallest absolute Gasteiger partial charge is 0.203 e. The molecule has 1 aromatic rings. The number of nitrogens with one attached hydrogen (secondary N) is 2. The van der Waals surface area contributed by atoms with Crippen molar-refractivity contribution in [2.24, 2.45) is 4.99 Å². The molecule has 1 rings (SSSR count). The van der Waals surface area contributed by atoms with Gasteiger partial charge in [0.25, 0.3) is 0 Å². The molecule has 10 heteroatoms. The summed E-state index contributed by atoms with van der Waals surface area (Å²) in [6.07, 6.45) is 1.20. The highest BCUT2D eigenvalue weighted by Gasteiger charge is 2.13. The number of ether oxygens (including phenoxy) is 3. The van der Waals surface area contributed by atoms with E-state index in [9.17, 15) is 8.42 Å². The van der Waals surface area contributed by atoms with Gasteiger partial charge in [0.05, 0.1) is 27.1 Å². The van der Waals surface area contributed by atoms with E-state index in [1.54, 1.807) is 28.4 Å². The van der Waals surface area contributed by atoms with Gasteiger partial charge in [0, 0.05) is 26.4 Å². The number of guanidine groups is 1. The molecule has 0 atom stereocenters. The Balaban J connectivity index is 0.00000576. The summed E-state index contributed by atoms with van der Waals surface area (Å²) in [5, 5.41) is 6.05. The first-order valence-corrected chi connectivity index (χ1v) is 9.31. The van der Waals surface area contributed by atoms with E-state index in [0.29, 0.717) is 29.8 Å². The van der Waals surface area contributed by atoms with E-state index in [-0.39, 0.29) is 36.3 Å². The van der Waals surface area contributed by atoms with E-state index < -0.39 is 9.84 Å². The van der Waals surface area contributed by atoms with Gasteiger partial charge in [0.2, 0.25) is 5.75 Å². The predicted molar refractivity (Wildman–Crippen MR) is 109 cm³/mol. The van der Waals surface area contributed by atoms with E-state index >= 15 is 0 Å². The van der Waals surface area contributed by atoms with E-state index in [1.165, 1.54) is 6.26 Å². The lowest BCUT2D eigenvalue weighted by Gasteiger charge is -2.15. The molecule has 25 heavy (non-hydrogen) atoms. The first-order valence-electron chi connectivity index (χ1n) is 7.25. The molecule has 2 N–H and O–H groups in total. The SMILES string of the molecule is CN=C(NCCS(C)(=O)=O)NCc1cc(OC)c(OC)c(OC)c1.I. The molecule has 0 aliphatic heterocycles. The van der Waals surface area contributed by atoms with Gasteiger partial charge in [0.15, 0.2) is 17.5 Å². The Labute approximate surface area is 166 Å². The Morgan fingerprint density at radius 1 is 1.08 bits per heavy atom. The molecule has 0 fully saturated rings. The van der Waals surface area contributed by atoms with Crippen molar-refractivity contribution < 1.29 is 22.6 Å². The van der Waals surface area contributed by atoms with Crippen molar-refractivity contribution in [2.75, 3.05) is 46.9 Å². The van der Waals surface area contributed by atoms with Crippen LogP contribution in [0.1, 0.15) is 5.56 Å². The molecule has 0 aromatic heterocycles. The fourth-order valence-corrected chi connectivity index (χ4v) is 2.47. The van der Waals surface area contributed by atoms with Crippen LogP contribution in [0, 0.1) is 0 Å². The molecular formula is C15H26IN3O5S. The molecule has 0 spiro atoms. The van der Waals surface area contributed by atoms with E-state index in [2.05, 4.69) is 15.6 Å². The van der Waals surface area contributed by atoms with Crippen LogP contribution in [0.25, 0.3) is 0 Å². The van der Waals surface area contributed by atoms with Gasteiger partial charge in [-0.25, -0.2) is 8.42 Å². The maximum absolute atomic E-state index is 11.1. The molecule has 0 saturated heterocycles. The Bertz CT molecular complexity index is 655. The molecule has 144 valence electrons. The predicted octanol–water partition coefficient (Wildman–Crippen LogP) is 1.04. The number of rotatable bonds is 8. The lowest BCUT2D eigenvalue weighted by Crippen LogP contribution is -2.39. The summed E-state index contributed by atoms with van der Waals surface area (Å²) in [5.41, 5.74) is 0.899. The third kappa shape index (κ3) is 7.99. The highest BCUT2D eigenvalue weighted by atomic mass is 127. The number of halogens is 1. The minimum absolute atomic E-state index is 0. The number of aliphatic imine (C=N–C) groups is 1. The van der Waals surface area contributed by atoms with Crippen LogP contribution in [0.3, 0.4) is 0 Å². The molecule has 0 radical (unpaired) electrons. The van der Waals surface area contributed by atoms with Crippen LogP contribution >= 0.6 is 24.0 Å². The summed E-state index contributed by atoms with van der Waals surface area (Å²) < 4.78 is 38.2. The third-order valence-electron chi connectivity index (χ3n) is 3.17. The van der Waals surface area contributed by atoms with Crippen molar-refractivity contribution in [2.45, 2.75) is 6.54 Å². The highest BCUT2D eigenvalue weighted by Crippen LogP contribution is 2.38. The molecular weight excluding hydrogens is 461 g/mol. The van der Waals surface area contributed by atoms with Crippen molar-refractivity contribution in [1.82, 2.24) is 10.6 Å². The zero-order valence-corrected chi connectivity index (χ0v) is 18.2. The summed E-state index contributed by atoms with van der Waals surface area (Å²) in [4.78, 5) is 4.05. The van der Waals surface area contributed by atoms with Crippen molar-refractivity contribution in [3.63, 3.8) is 0 Å². The van der Waals surface area contributed by atoms with E-state index in [1.807, 2.05) is 12.1 Å². The number of sulfone groups is 1. The Kier molecular flexibility index (Phi) is 10.6. The largest absolute Gasteiger partial charge is 0.493 e. The number of methoxy groups -OCH3 is 3. The topological polar surface area (TPSA) is 98.3 Å². The quantitative estimate of drug-likeness (QED) is 0.321. The summed E-state index contributed by atoms with van der Waals surface area (Å²) in [5.74, 6) is 2.20. The van der Waals surface area contributed by atoms with Gasteiger partial charge in [-0.05, 0) is 17.7 Å². The second-order valence-electron chi connectivity index (χ2n) is 5.02. The molecule has 0 aliphatic rings. The monoisotopic (exact) mass is 487 g/mol. The summed E-state index contributed by atoms with van der Waals surface area (Å²) in [6, 6.07) is 3.66. The fraction of sp³-hybridized carbons (Fsp3) is 0.533. The van der Waals surface area contributed by atoms with Crippen LogP contribution in [0.15, 0.2) is 17.1 Å². The van der Waals surface area contributed by atoms with Crippen LogP contribution in [0.4, 0.5) is 0 Å². The van der Waals surface area contributed by atoms with Crippen LogP contribution in [0.5, 0.6) is 17.2 Å². The van der Waals surface area contributed by atoms with Gasteiger partial charge in [-0.15, -0.1) is 24.0 Å². The van der Waals surface area contributed by atoms with Crippen LogP contribution in [-0.2, 0) is 16.4 Å². The lowest BCUT2D eigenvalue weighted by molar-refractivity contribution is 0.323. The Morgan fingerprint density at radius 2 is 1.64 bits per heavy atom. The van der Waals surface area contributed by atoms with Crippen molar-refractivity contribution in [3.05, 3.63) is 17.7 Å². The zero-order chi connectivity index (χ0) is 18.2. The zero-order valence-electron chi connectivity index (χ0n) is 15.1. The molecule has 0 heterocycles. The minimum Gasteiger partial charge on any atom is -0.493 e. The van der Waals surface area contributed by atoms with Crippen LogP contribution in [-0.4, -0.2) is 61.3 Å². The van der Waals surface area contributed by atoms with Gasteiger partial charge in [-0.1, -0.05) is 0 Å². The standard InChI is InChI=1S/C15H25N3O5S.HI/c1-16-15(17-6-7-24(5,19)20)18-10-11-8-12(21-2)14(23-4)13(9-11)22-3;/h8-9H,6-7,10H2,1-5H3,(H2,16,17,18);1H. The summed E-state index contributed by atoms with van der Waals surface area (Å²) in [7, 11) is 3.26. The van der Waals surface area contributed by atoms with Crippen molar-refractivity contribution in [3.8, 4) is 17.2 Å².